The number of carbonyl (C=O) groups excluding carboxylic acids is 1. The summed E-state index contributed by atoms with van der Waals surface area (Å²) in [6.45, 7) is 0.911. The molecule has 1 aliphatic heterocycles. The van der Waals surface area contributed by atoms with Crippen molar-refractivity contribution in [1.82, 2.24) is 19.9 Å². The van der Waals surface area contributed by atoms with E-state index in [0.717, 1.165) is 17.0 Å². The number of fused-ring (bicyclic) bond motifs is 1. The lowest BCUT2D eigenvalue weighted by molar-refractivity contribution is 0.0715. The third-order valence-corrected chi connectivity index (χ3v) is 4.55. The highest BCUT2D eigenvalue weighted by molar-refractivity contribution is 5.92. The van der Waals surface area contributed by atoms with Crippen molar-refractivity contribution >= 4 is 5.91 Å². The lowest BCUT2D eigenvalue weighted by Gasteiger charge is -2.32. The van der Waals surface area contributed by atoms with E-state index in [1.807, 2.05) is 18.2 Å². The molecule has 4 rings (SSSR count). The fourth-order valence-electron chi connectivity index (χ4n) is 3.28. The van der Waals surface area contributed by atoms with Crippen molar-refractivity contribution in [3.05, 3.63) is 83.2 Å². The molecule has 6 nitrogen and oxygen atoms in total. The summed E-state index contributed by atoms with van der Waals surface area (Å²) in [6, 6.07) is 13.4. The summed E-state index contributed by atoms with van der Waals surface area (Å²) < 4.78 is 0. The summed E-state index contributed by atoms with van der Waals surface area (Å²) in [5.41, 5.74) is 4.10. The smallest absolute Gasteiger partial charge is 0.272 e. The maximum atomic E-state index is 12.9. The maximum Gasteiger partial charge on any atom is 0.272 e. The second kappa shape index (κ2) is 6.49. The van der Waals surface area contributed by atoms with E-state index < -0.39 is 0 Å². The molecular formula is C19H18N4O2. The third kappa shape index (κ3) is 2.92. The SMILES string of the molecule is O=C(c1cc(CO)ccn1)N1Cc2[nH]cnc2C(c2ccccc2)C1. The highest BCUT2D eigenvalue weighted by Gasteiger charge is 2.32. The Morgan fingerprint density at radius 2 is 2.08 bits per heavy atom. The Balaban J connectivity index is 1.67. The number of H-pyrrole nitrogens is 1. The molecule has 0 bridgehead atoms. The van der Waals surface area contributed by atoms with Crippen LogP contribution in [0, 0.1) is 0 Å². The summed E-state index contributed by atoms with van der Waals surface area (Å²) in [4.78, 5) is 26.5. The molecular weight excluding hydrogens is 316 g/mol. The Morgan fingerprint density at radius 3 is 2.88 bits per heavy atom. The molecule has 0 radical (unpaired) electrons. The number of nitrogens with one attached hydrogen (secondary N) is 1. The average Bonchev–Trinajstić information content (AvgIpc) is 3.16. The zero-order valence-corrected chi connectivity index (χ0v) is 13.6. The predicted molar refractivity (Wildman–Crippen MR) is 91.8 cm³/mol. The molecule has 1 unspecified atom stereocenters. The number of rotatable bonds is 3. The lowest BCUT2D eigenvalue weighted by Crippen LogP contribution is -2.39. The second-order valence-electron chi connectivity index (χ2n) is 6.12. The molecule has 6 heteroatoms. The van der Waals surface area contributed by atoms with Gasteiger partial charge < -0.3 is 15.0 Å². The van der Waals surface area contributed by atoms with Crippen molar-refractivity contribution in [3.8, 4) is 0 Å². The zero-order chi connectivity index (χ0) is 17.2. The molecule has 1 atom stereocenters. The number of benzene rings is 1. The van der Waals surface area contributed by atoms with Crippen molar-refractivity contribution in [2.45, 2.75) is 19.1 Å². The van der Waals surface area contributed by atoms with Crippen LogP contribution in [0.1, 0.15) is 38.9 Å². The minimum absolute atomic E-state index is 0.0289. The summed E-state index contributed by atoms with van der Waals surface area (Å²) in [5, 5.41) is 9.28. The number of amides is 1. The number of hydrogen-bond acceptors (Lipinski definition) is 4. The van der Waals surface area contributed by atoms with Crippen molar-refractivity contribution < 1.29 is 9.90 Å². The number of aliphatic hydroxyl groups excluding tert-OH is 1. The van der Waals surface area contributed by atoms with Crippen LogP contribution in [0.5, 0.6) is 0 Å². The fourth-order valence-corrected chi connectivity index (χ4v) is 3.28. The molecule has 1 aliphatic rings. The molecule has 3 heterocycles. The molecule has 0 aliphatic carbocycles. The first-order chi connectivity index (χ1) is 12.3. The molecule has 0 spiro atoms. The highest BCUT2D eigenvalue weighted by atomic mass is 16.3. The van der Waals surface area contributed by atoms with Crippen LogP contribution in [0.2, 0.25) is 0 Å². The number of aliphatic hydroxyl groups is 1. The Kier molecular flexibility index (Phi) is 4.03. The molecule has 1 aromatic carbocycles. The molecule has 126 valence electrons. The Morgan fingerprint density at radius 1 is 1.24 bits per heavy atom. The van der Waals surface area contributed by atoms with Gasteiger partial charge in [-0.25, -0.2) is 4.98 Å². The second-order valence-corrected chi connectivity index (χ2v) is 6.12. The first kappa shape index (κ1) is 15.5. The van der Waals surface area contributed by atoms with Crippen LogP contribution in [-0.2, 0) is 13.2 Å². The minimum atomic E-state index is -0.142. The molecule has 1 amide bonds. The van der Waals surface area contributed by atoms with Crippen molar-refractivity contribution in [2.24, 2.45) is 0 Å². The molecule has 0 saturated carbocycles. The van der Waals surface area contributed by atoms with E-state index in [1.54, 1.807) is 29.6 Å². The van der Waals surface area contributed by atoms with E-state index >= 15 is 0 Å². The quantitative estimate of drug-likeness (QED) is 0.768. The molecule has 0 fully saturated rings. The minimum Gasteiger partial charge on any atom is -0.392 e. The summed E-state index contributed by atoms with van der Waals surface area (Å²) in [5.74, 6) is -0.113. The van der Waals surface area contributed by atoms with Gasteiger partial charge >= 0.3 is 0 Å². The first-order valence-electron chi connectivity index (χ1n) is 8.18. The summed E-state index contributed by atoms with van der Waals surface area (Å²) in [6.07, 6.45) is 3.23. The van der Waals surface area contributed by atoms with Crippen LogP contribution in [0.3, 0.4) is 0 Å². The fraction of sp³-hybridized carbons (Fsp3) is 0.211. The number of hydrogen-bond donors (Lipinski definition) is 2. The van der Waals surface area contributed by atoms with E-state index in [4.69, 9.17) is 0 Å². The average molecular weight is 334 g/mol. The van der Waals surface area contributed by atoms with Crippen molar-refractivity contribution in [1.29, 1.82) is 0 Å². The van der Waals surface area contributed by atoms with Crippen molar-refractivity contribution in [2.75, 3.05) is 6.54 Å². The summed E-state index contributed by atoms with van der Waals surface area (Å²) in [7, 11) is 0. The maximum absolute atomic E-state index is 12.9. The van der Waals surface area contributed by atoms with Gasteiger partial charge in [0.2, 0.25) is 0 Å². The molecule has 2 N–H and O–H groups in total. The molecule has 0 saturated heterocycles. The van der Waals surface area contributed by atoms with Gasteiger partial charge in [-0.3, -0.25) is 9.78 Å². The lowest BCUT2D eigenvalue weighted by atomic mass is 9.91. The number of carbonyl (C=O) groups is 1. The highest BCUT2D eigenvalue weighted by Crippen LogP contribution is 2.31. The van der Waals surface area contributed by atoms with Gasteiger partial charge in [0.25, 0.3) is 5.91 Å². The first-order valence-corrected chi connectivity index (χ1v) is 8.18. The predicted octanol–water partition coefficient (Wildman–Crippen LogP) is 2.08. The molecule has 3 aromatic rings. The van der Waals surface area contributed by atoms with E-state index in [9.17, 15) is 9.90 Å². The number of nitrogens with zero attached hydrogens (tertiary/aromatic N) is 3. The standard InChI is InChI=1S/C19H18N4O2/c24-11-13-6-7-20-16(8-13)19(25)23-9-15(14-4-2-1-3-5-14)18-17(10-23)21-12-22-18/h1-8,12,15,24H,9-11H2,(H,21,22). The zero-order valence-electron chi connectivity index (χ0n) is 13.6. The van der Waals surface area contributed by atoms with Crippen LogP contribution in [0.4, 0.5) is 0 Å². The Bertz CT molecular complexity index is 891. The Hall–Kier alpha value is -2.99. The van der Waals surface area contributed by atoms with Gasteiger partial charge in [0.1, 0.15) is 5.69 Å². The van der Waals surface area contributed by atoms with Gasteiger partial charge in [0.15, 0.2) is 0 Å². The largest absolute Gasteiger partial charge is 0.392 e. The molecule has 25 heavy (non-hydrogen) atoms. The number of aromatic amines is 1. The van der Waals surface area contributed by atoms with Crippen molar-refractivity contribution in [3.63, 3.8) is 0 Å². The summed E-state index contributed by atoms with van der Waals surface area (Å²) >= 11 is 0. The number of pyridine rings is 1. The van der Waals surface area contributed by atoms with Crippen LogP contribution in [-0.4, -0.2) is 37.4 Å². The monoisotopic (exact) mass is 334 g/mol. The van der Waals surface area contributed by atoms with Gasteiger partial charge in [0, 0.05) is 18.7 Å². The van der Waals surface area contributed by atoms with E-state index in [2.05, 4.69) is 27.1 Å². The van der Waals surface area contributed by atoms with Crippen LogP contribution < -0.4 is 0 Å². The Labute approximate surface area is 145 Å². The third-order valence-electron chi connectivity index (χ3n) is 4.55. The van der Waals surface area contributed by atoms with E-state index in [-0.39, 0.29) is 18.4 Å². The van der Waals surface area contributed by atoms with E-state index in [1.165, 1.54) is 0 Å². The topological polar surface area (TPSA) is 82.1 Å². The van der Waals surface area contributed by atoms with Gasteiger partial charge in [-0.2, -0.15) is 0 Å². The van der Waals surface area contributed by atoms with Gasteiger partial charge in [0.05, 0.1) is 30.9 Å². The van der Waals surface area contributed by atoms with E-state index in [0.29, 0.717) is 24.3 Å². The molecule has 2 aromatic heterocycles. The normalized spacial score (nSPS) is 16.5. The van der Waals surface area contributed by atoms with Crippen LogP contribution >= 0.6 is 0 Å². The number of aromatic nitrogens is 3. The van der Waals surface area contributed by atoms with Crippen LogP contribution in [0.15, 0.2) is 55.0 Å². The number of imidazole rings is 1. The van der Waals surface area contributed by atoms with Gasteiger partial charge in [-0.1, -0.05) is 30.3 Å². The van der Waals surface area contributed by atoms with Crippen LogP contribution in [0.25, 0.3) is 0 Å². The van der Waals surface area contributed by atoms with Gasteiger partial charge in [-0.15, -0.1) is 0 Å². The van der Waals surface area contributed by atoms with Gasteiger partial charge in [-0.05, 0) is 23.3 Å².